The highest BCUT2D eigenvalue weighted by Gasteiger charge is 2.35. The van der Waals surface area contributed by atoms with Gasteiger partial charge >= 0.3 is 30.7 Å². The first-order valence-corrected chi connectivity index (χ1v) is 37.0. The number of nitrogens with zero attached hydrogens (tertiary/aromatic N) is 10. The summed E-state index contributed by atoms with van der Waals surface area (Å²) >= 11 is 3.39. The third kappa shape index (κ3) is 22.1. The second kappa shape index (κ2) is 38.9. The SMILES string of the molecule is COC(=O)c1ccc2c(c1)ncn2-c1cc(OC)c(C(=O)CCC(F)(F)F)c(OC)c1.COc1cc(-n2cnc3cc(-c4nnc(C)o4)ccc32)cc(OC)c1C(=O)CCC(F)(F)F.COc1cc(-n2cnc3cc(Br)ccc32)cc(OC)c1C(=O)CCC(F)(F)F.COc1cc(-n2cnc3cc(C(=O)NN)ccc32)cc(OC)c1C(=O)CCC(F)(F)F. The van der Waals surface area contributed by atoms with Crippen molar-refractivity contribution in [2.24, 2.45) is 5.84 Å². The van der Waals surface area contributed by atoms with Gasteiger partial charge < -0.3 is 47.0 Å². The zero-order chi connectivity index (χ0) is 89.7. The van der Waals surface area contributed by atoms with Gasteiger partial charge in [0.2, 0.25) is 11.8 Å². The van der Waals surface area contributed by atoms with E-state index in [4.69, 9.17) is 52.9 Å². The standard InChI is InChI=1S/C22H19F3N4O4.C21H19F3N2O5.C20H19F3N4O4.C19H16BrF3N2O3/c1-12-27-28-21(33-12)13-4-5-16-15(8-13)26-11-29(16)14-9-18(31-2)20(19(10-14)32-3)17(30)6-7-22(23,24)25;1-29-17-9-13(10-18(30-2)19(17)16(27)6-7-21(22,23)24)26-11-25-14-8-12(20(28)31-3)4-5-15(14)26;1-30-16-8-12(9-17(31-2)18(16)15(28)5-6-20(21,22)23)27-10-25-13-7-11(19(29)26-24)3-4-14(13)27;1-27-16-8-12(25-10-24-13-7-11(20)3-4-14(13)25)9-17(28-2)18(16)15(26)5-6-19(21,22)23/h4-5,8-11H,6-7H2,1-3H3;4-5,8-11H,6-7H2,1-3H3;3-4,7-10H,5-6,24H2,1-2H3,(H,26,29);3-4,7-10H,5-6H2,1-2H3. The van der Waals surface area contributed by atoms with Crippen molar-refractivity contribution >= 4 is 95.1 Å². The zero-order valence-corrected chi connectivity index (χ0v) is 68.1. The predicted molar refractivity (Wildman–Crippen MR) is 424 cm³/mol. The van der Waals surface area contributed by atoms with E-state index in [-0.39, 0.29) is 68.2 Å². The van der Waals surface area contributed by atoms with E-state index >= 15 is 0 Å². The average Bonchev–Trinajstić information content (AvgIpc) is 1.71. The number of nitrogens with one attached hydrogen (secondary N) is 1. The number of ether oxygens (including phenoxy) is 9. The Morgan fingerprint density at radius 2 is 0.659 bits per heavy atom. The molecule has 0 bridgehead atoms. The summed E-state index contributed by atoms with van der Waals surface area (Å²) in [5.74, 6) is 2.89. The molecule has 0 saturated carbocycles. The number of ketones is 4. The monoisotopic (exact) mass is 1790 g/mol. The summed E-state index contributed by atoms with van der Waals surface area (Å²) in [7, 11) is 11.9. The molecular weight excluding hydrogens is 1720 g/mol. The number of carbonyl (C=O) groups is 6. The van der Waals surface area contributed by atoms with Crippen LogP contribution in [-0.2, 0) is 4.74 Å². The summed E-state index contributed by atoms with van der Waals surface area (Å²) in [5, 5.41) is 7.83. The Morgan fingerprint density at radius 1 is 0.382 bits per heavy atom. The van der Waals surface area contributed by atoms with Crippen LogP contribution in [-0.4, -0.2) is 172 Å². The fourth-order valence-electron chi connectivity index (χ4n) is 12.6. The fourth-order valence-corrected chi connectivity index (χ4v) is 13.0. The van der Waals surface area contributed by atoms with E-state index in [9.17, 15) is 81.5 Å². The van der Waals surface area contributed by atoms with Gasteiger partial charge in [-0.2, -0.15) is 52.7 Å². The number of aryl methyl sites for hydroxylation is 1. The first kappa shape index (κ1) is 91.7. The van der Waals surface area contributed by atoms with Crippen LogP contribution in [0.15, 0.2) is 156 Å². The van der Waals surface area contributed by atoms with E-state index < -0.39 is 111 Å². The summed E-state index contributed by atoms with van der Waals surface area (Å²) in [6.07, 6.45) is -19.3. The van der Waals surface area contributed by atoms with Crippen LogP contribution in [0.4, 0.5) is 52.7 Å². The third-order valence-corrected chi connectivity index (χ3v) is 19.0. The molecule has 0 aliphatic carbocycles. The predicted octanol–water partition coefficient (Wildman–Crippen LogP) is 17.8. The zero-order valence-electron chi connectivity index (χ0n) is 66.5. The molecule has 0 radical (unpaired) electrons. The first-order valence-electron chi connectivity index (χ1n) is 36.2. The number of carbonyl (C=O) groups excluding carboxylic acids is 6. The molecule has 0 saturated heterocycles. The number of esters is 1. The van der Waals surface area contributed by atoms with Crippen molar-refractivity contribution < 1.29 is 129 Å². The highest BCUT2D eigenvalue weighted by atomic mass is 79.9. The maximum atomic E-state index is 12.6. The first-order chi connectivity index (χ1) is 58.3. The lowest BCUT2D eigenvalue weighted by molar-refractivity contribution is -0.134. The molecule has 0 atom stereocenters. The summed E-state index contributed by atoms with van der Waals surface area (Å²) in [6.45, 7) is 1.70. The molecule has 5 aromatic heterocycles. The van der Waals surface area contributed by atoms with E-state index in [2.05, 4.69) is 46.1 Å². The lowest BCUT2D eigenvalue weighted by Gasteiger charge is -2.16. The number of amides is 1. The number of hydrazine groups is 1. The van der Waals surface area contributed by atoms with Gasteiger partial charge in [-0.05, 0) is 72.8 Å². The summed E-state index contributed by atoms with van der Waals surface area (Å²) in [4.78, 5) is 90.6. The van der Waals surface area contributed by atoms with Gasteiger partial charge in [-0.3, -0.25) is 47.7 Å². The number of hydrogen-bond acceptors (Lipinski definition) is 23. The molecule has 0 fully saturated rings. The number of nitrogen functional groups attached to an aromatic ring is 1. The summed E-state index contributed by atoms with van der Waals surface area (Å²) < 4.78 is 211. The quantitative estimate of drug-likeness (QED) is 0.0121. The summed E-state index contributed by atoms with van der Waals surface area (Å²) in [5.41, 5.74) is 10.6. The Hall–Kier alpha value is -13.6. The largest absolute Gasteiger partial charge is 0.496 e. The van der Waals surface area contributed by atoms with Gasteiger partial charge in [-0.1, -0.05) is 15.9 Å². The maximum absolute atomic E-state index is 12.6. The molecule has 28 nitrogen and oxygen atoms in total. The number of benzene rings is 8. The van der Waals surface area contributed by atoms with Gasteiger partial charge in [-0.25, -0.2) is 30.6 Å². The second-order valence-electron chi connectivity index (χ2n) is 26.3. The third-order valence-electron chi connectivity index (χ3n) is 18.5. The van der Waals surface area contributed by atoms with Crippen LogP contribution in [0.3, 0.4) is 0 Å². The molecule has 8 aromatic carbocycles. The van der Waals surface area contributed by atoms with Gasteiger partial charge in [-0.15, -0.1) is 10.2 Å². The minimum Gasteiger partial charge on any atom is -0.496 e. The van der Waals surface area contributed by atoms with E-state index in [0.717, 1.165) is 21.0 Å². The lowest BCUT2D eigenvalue weighted by atomic mass is 10.0. The number of fused-ring (bicyclic) bond motifs is 4. The molecule has 0 aliphatic heterocycles. The summed E-state index contributed by atoms with van der Waals surface area (Å²) in [6, 6.07) is 32.9. The molecule has 123 heavy (non-hydrogen) atoms. The molecule has 41 heteroatoms. The number of Topliss-reactive ketones (excluding diaryl/α,β-unsaturated/α-hetero) is 4. The number of aromatic nitrogens is 10. The number of halogens is 13. The molecule has 0 spiro atoms. The highest BCUT2D eigenvalue weighted by molar-refractivity contribution is 9.10. The van der Waals surface area contributed by atoms with E-state index in [1.165, 1.54) is 101 Å². The minimum atomic E-state index is -4.45. The van der Waals surface area contributed by atoms with Gasteiger partial charge in [0.25, 0.3) is 5.91 Å². The van der Waals surface area contributed by atoms with Gasteiger partial charge in [0.1, 0.15) is 93.6 Å². The molecule has 5 heterocycles. The molecule has 0 unspecified atom stereocenters. The van der Waals surface area contributed by atoms with Crippen molar-refractivity contribution in [1.29, 1.82) is 0 Å². The van der Waals surface area contributed by atoms with Crippen LogP contribution < -0.4 is 49.2 Å². The highest BCUT2D eigenvalue weighted by Crippen LogP contribution is 2.42. The fraction of sp³-hybridized carbons (Fsp3) is 0.268. The number of alkyl halides is 12. The van der Waals surface area contributed by atoms with Crippen molar-refractivity contribution in [3.63, 3.8) is 0 Å². The van der Waals surface area contributed by atoms with Crippen LogP contribution in [0.25, 0.3) is 78.3 Å². The van der Waals surface area contributed by atoms with Crippen molar-refractivity contribution in [2.75, 3.05) is 64.0 Å². The Bertz CT molecular complexity index is 5810. The van der Waals surface area contributed by atoms with E-state index in [1.807, 2.05) is 29.7 Å². The Labute approximate surface area is 697 Å². The molecule has 648 valence electrons. The van der Waals surface area contributed by atoms with Crippen molar-refractivity contribution in [3.05, 3.63) is 190 Å². The van der Waals surface area contributed by atoms with E-state index in [0.29, 0.717) is 78.8 Å². The van der Waals surface area contributed by atoms with Gasteiger partial charge in [0, 0.05) is 96.7 Å². The van der Waals surface area contributed by atoms with Gasteiger partial charge in [0.15, 0.2) is 23.1 Å². The Kier molecular flexibility index (Phi) is 29.0. The molecule has 13 aromatic rings. The van der Waals surface area contributed by atoms with Crippen LogP contribution >= 0.6 is 15.9 Å². The number of nitrogens with two attached hydrogens (primary N) is 1. The maximum Gasteiger partial charge on any atom is 0.389 e. The normalized spacial score (nSPS) is 11.5. The van der Waals surface area contributed by atoms with Crippen molar-refractivity contribution in [3.8, 4) is 80.2 Å². The second-order valence-corrected chi connectivity index (χ2v) is 27.3. The lowest BCUT2D eigenvalue weighted by Crippen LogP contribution is -2.29. The van der Waals surface area contributed by atoms with E-state index in [1.54, 1.807) is 111 Å². The van der Waals surface area contributed by atoms with Gasteiger partial charge in [0.05, 0.1) is 162 Å². The average molecular weight is 1790 g/mol. The van der Waals surface area contributed by atoms with Crippen LogP contribution in [0.5, 0.6) is 46.0 Å². The smallest absolute Gasteiger partial charge is 0.389 e. The number of methoxy groups -OCH3 is 9. The number of imidazole rings is 4. The Morgan fingerprint density at radius 3 is 0.935 bits per heavy atom. The molecule has 3 N–H and O–H groups in total. The van der Waals surface area contributed by atoms with Crippen LogP contribution in [0.1, 0.15) is 119 Å². The van der Waals surface area contributed by atoms with Crippen molar-refractivity contribution in [1.82, 2.24) is 53.8 Å². The Balaban J connectivity index is 0.000000172. The van der Waals surface area contributed by atoms with Crippen LogP contribution in [0, 0.1) is 6.92 Å². The molecular formula is C82H73BrF12N12O16. The number of rotatable bonds is 27. The van der Waals surface area contributed by atoms with Crippen molar-refractivity contribution in [2.45, 2.75) is 83.0 Å². The molecule has 1 amide bonds. The molecule has 0 aliphatic rings. The van der Waals surface area contributed by atoms with Crippen LogP contribution in [0.2, 0.25) is 0 Å². The topological polar surface area (TPSA) is 334 Å². The minimum absolute atomic E-state index is 0.00911. The molecule has 13 rings (SSSR count). The number of hydrogen-bond donors (Lipinski definition) is 2.